The lowest BCUT2D eigenvalue weighted by Gasteiger charge is -2.21. The summed E-state index contributed by atoms with van der Waals surface area (Å²) in [6, 6.07) is 9.99. The van der Waals surface area contributed by atoms with E-state index >= 15 is 0 Å². The molecule has 106 valence electrons. The molecule has 0 aliphatic heterocycles. The number of hydrogen-bond donors (Lipinski definition) is 1. The van der Waals surface area contributed by atoms with Crippen molar-refractivity contribution in [1.82, 2.24) is 10.3 Å². The van der Waals surface area contributed by atoms with Crippen molar-refractivity contribution < 1.29 is 0 Å². The highest BCUT2D eigenvalue weighted by Gasteiger charge is 2.10. The molecule has 0 unspecified atom stereocenters. The van der Waals surface area contributed by atoms with Gasteiger partial charge in [0.1, 0.15) is 5.82 Å². The summed E-state index contributed by atoms with van der Waals surface area (Å²) in [6.45, 7) is 1.58. The van der Waals surface area contributed by atoms with E-state index in [4.69, 9.17) is 11.6 Å². The highest BCUT2D eigenvalue weighted by molar-refractivity contribution is 9.10. The Morgan fingerprint density at radius 3 is 2.65 bits per heavy atom. The van der Waals surface area contributed by atoms with Crippen LogP contribution in [-0.2, 0) is 13.1 Å². The maximum atomic E-state index is 5.91. The monoisotopic (exact) mass is 353 g/mol. The van der Waals surface area contributed by atoms with Gasteiger partial charge >= 0.3 is 0 Å². The second-order valence-electron chi connectivity index (χ2n) is 4.65. The van der Waals surface area contributed by atoms with Crippen molar-refractivity contribution in [3.8, 4) is 0 Å². The molecule has 2 aromatic rings. The van der Waals surface area contributed by atoms with Crippen LogP contribution < -0.4 is 10.2 Å². The van der Waals surface area contributed by atoms with Crippen LogP contribution in [0.1, 0.15) is 11.1 Å². The van der Waals surface area contributed by atoms with Gasteiger partial charge in [-0.15, -0.1) is 0 Å². The zero-order valence-corrected chi connectivity index (χ0v) is 13.9. The van der Waals surface area contributed by atoms with Gasteiger partial charge in [0.05, 0.1) is 0 Å². The molecule has 0 saturated heterocycles. The predicted molar refractivity (Wildman–Crippen MR) is 88.3 cm³/mol. The number of rotatable bonds is 5. The Morgan fingerprint density at radius 2 is 2.00 bits per heavy atom. The zero-order chi connectivity index (χ0) is 14.5. The van der Waals surface area contributed by atoms with Gasteiger partial charge in [-0.25, -0.2) is 4.98 Å². The summed E-state index contributed by atoms with van der Waals surface area (Å²) < 4.78 is 0.992. The van der Waals surface area contributed by atoms with Gasteiger partial charge < -0.3 is 10.2 Å². The lowest BCUT2D eigenvalue weighted by Crippen LogP contribution is -2.21. The van der Waals surface area contributed by atoms with Crippen molar-refractivity contribution in [3.05, 3.63) is 57.2 Å². The Balaban J connectivity index is 2.19. The predicted octanol–water partition coefficient (Wildman–Crippen LogP) is 3.85. The molecular weight excluding hydrogens is 338 g/mol. The number of halogens is 2. The van der Waals surface area contributed by atoms with Crippen LogP contribution in [0.4, 0.5) is 5.82 Å². The van der Waals surface area contributed by atoms with Gasteiger partial charge in [0, 0.05) is 41.4 Å². The van der Waals surface area contributed by atoms with E-state index in [1.807, 2.05) is 44.6 Å². The molecule has 0 amide bonds. The van der Waals surface area contributed by atoms with Crippen molar-refractivity contribution in [2.75, 3.05) is 19.0 Å². The number of anilines is 1. The number of nitrogens with zero attached hydrogens (tertiary/aromatic N) is 2. The third-order valence-corrected chi connectivity index (χ3v) is 3.66. The Morgan fingerprint density at radius 1 is 1.30 bits per heavy atom. The van der Waals surface area contributed by atoms with E-state index in [9.17, 15) is 0 Å². The summed E-state index contributed by atoms with van der Waals surface area (Å²) >= 11 is 9.38. The molecule has 3 nitrogen and oxygen atoms in total. The van der Waals surface area contributed by atoms with E-state index in [0.717, 1.165) is 28.4 Å². The molecule has 0 aliphatic carbocycles. The Kier molecular flexibility index (Phi) is 5.40. The van der Waals surface area contributed by atoms with Crippen LogP contribution in [0.3, 0.4) is 0 Å². The van der Waals surface area contributed by atoms with Gasteiger partial charge in [0.25, 0.3) is 0 Å². The summed E-state index contributed by atoms with van der Waals surface area (Å²) in [5, 5.41) is 3.93. The maximum absolute atomic E-state index is 5.91. The molecule has 0 aliphatic rings. The van der Waals surface area contributed by atoms with Crippen molar-refractivity contribution in [3.63, 3.8) is 0 Å². The first-order valence-corrected chi connectivity index (χ1v) is 7.52. The summed E-state index contributed by atoms with van der Waals surface area (Å²) in [5.74, 6) is 0.984. The van der Waals surface area contributed by atoms with E-state index in [2.05, 4.69) is 37.2 Å². The molecule has 0 spiro atoms. The van der Waals surface area contributed by atoms with E-state index in [0.29, 0.717) is 0 Å². The highest BCUT2D eigenvalue weighted by Crippen LogP contribution is 2.22. The Hall–Kier alpha value is -1.10. The molecule has 1 heterocycles. The third-order valence-electron chi connectivity index (χ3n) is 2.97. The van der Waals surface area contributed by atoms with Gasteiger partial charge in [-0.05, 0) is 46.7 Å². The van der Waals surface area contributed by atoms with Crippen LogP contribution >= 0.6 is 27.5 Å². The molecule has 0 fully saturated rings. The van der Waals surface area contributed by atoms with Gasteiger partial charge in [-0.3, -0.25) is 0 Å². The summed E-state index contributed by atoms with van der Waals surface area (Å²) in [5.41, 5.74) is 2.37. The third kappa shape index (κ3) is 3.95. The molecule has 0 atom stereocenters. The van der Waals surface area contributed by atoms with Crippen LogP contribution in [0.5, 0.6) is 0 Å². The molecule has 0 bridgehead atoms. The number of benzene rings is 1. The molecule has 20 heavy (non-hydrogen) atoms. The standard InChI is InChI=1S/C15H17BrClN3/c1-18-8-12-7-13(16)9-19-15(12)20(2)10-11-3-5-14(17)6-4-11/h3-7,9,18H,8,10H2,1-2H3. The first kappa shape index (κ1) is 15.3. The first-order valence-electron chi connectivity index (χ1n) is 6.34. The normalized spacial score (nSPS) is 10.6. The van der Waals surface area contributed by atoms with Crippen LogP contribution in [-0.4, -0.2) is 19.1 Å². The number of aromatic nitrogens is 1. The second kappa shape index (κ2) is 7.07. The van der Waals surface area contributed by atoms with E-state index in [1.165, 1.54) is 11.1 Å². The lowest BCUT2D eigenvalue weighted by atomic mass is 10.2. The summed E-state index contributed by atoms with van der Waals surface area (Å²) in [4.78, 5) is 6.66. The maximum Gasteiger partial charge on any atom is 0.133 e. The van der Waals surface area contributed by atoms with Crippen LogP contribution in [0, 0.1) is 0 Å². The molecule has 0 radical (unpaired) electrons. The van der Waals surface area contributed by atoms with Crippen molar-refractivity contribution in [2.24, 2.45) is 0 Å². The van der Waals surface area contributed by atoms with Crippen molar-refractivity contribution >= 4 is 33.3 Å². The van der Waals surface area contributed by atoms with E-state index in [1.54, 1.807) is 0 Å². The number of nitrogens with one attached hydrogen (secondary N) is 1. The second-order valence-corrected chi connectivity index (χ2v) is 6.00. The van der Waals surface area contributed by atoms with Gasteiger partial charge in [0.15, 0.2) is 0 Å². The summed E-state index contributed by atoms with van der Waals surface area (Å²) in [6.07, 6.45) is 1.83. The van der Waals surface area contributed by atoms with Crippen molar-refractivity contribution in [1.29, 1.82) is 0 Å². The molecule has 2 rings (SSSR count). The minimum absolute atomic E-state index is 0.758. The van der Waals surface area contributed by atoms with Gasteiger partial charge in [-0.2, -0.15) is 0 Å². The fourth-order valence-corrected chi connectivity index (χ4v) is 2.58. The number of pyridine rings is 1. The van der Waals surface area contributed by atoms with E-state index in [-0.39, 0.29) is 0 Å². The molecular formula is C15H17BrClN3. The van der Waals surface area contributed by atoms with Crippen LogP contribution in [0.15, 0.2) is 41.0 Å². The Labute approximate surface area is 133 Å². The molecule has 1 aromatic carbocycles. The quantitative estimate of drug-likeness (QED) is 0.884. The number of hydrogen-bond acceptors (Lipinski definition) is 3. The molecule has 0 saturated carbocycles. The van der Waals surface area contributed by atoms with Crippen LogP contribution in [0.2, 0.25) is 5.02 Å². The smallest absolute Gasteiger partial charge is 0.133 e. The molecule has 5 heteroatoms. The van der Waals surface area contributed by atoms with E-state index < -0.39 is 0 Å². The lowest BCUT2D eigenvalue weighted by molar-refractivity contribution is 0.794. The van der Waals surface area contributed by atoms with Crippen molar-refractivity contribution in [2.45, 2.75) is 13.1 Å². The fraction of sp³-hybridized carbons (Fsp3) is 0.267. The average Bonchev–Trinajstić information content (AvgIpc) is 2.42. The summed E-state index contributed by atoms with van der Waals surface area (Å²) in [7, 11) is 3.98. The van der Waals surface area contributed by atoms with Crippen LogP contribution in [0.25, 0.3) is 0 Å². The SMILES string of the molecule is CNCc1cc(Br)cnc1N(C)Cc1ccc(Cl)cc1. The topological polar surface area (TPSA) is 28.2 Å². The average molecular weight is 355 g/mol. The zero-order valence-electron chi connectivity index (χ0n) is 11.5. The highest BCUT2D eigenvalue weighted by atomic mass is 79.9. The Bertz CT molecular complexity index is 572. The largest absolute Gasteiger partial charge is 0.355 e. The van der Waals surface area contributed by atoms with Gasteiger partial charge in [-0.1, -0.05) is 23.7 Å². The molecule has 1 aromatic heterocycles. The minimum atomic E-state index is 0.758. The molecule has 1 N–H and O–H groups in total. The minimum Gasteiger partial charge on any atom is -0.355 e. The first-order chi connectivity index (χ1) is 9.60. The fourth-order valence-electron chi connectivity index (χ4n) is 2.08. The van der Waals surface area contributed by atoms with Gasteiger partial charge in [0.2, 0.25) is 0 Å².